The van der Waals surface area contributed by atoms with Gasteiger partial charge in [-0.1, -0.05) is 6.42 Å². The number of guanidine groups is 1. The van der Waals surface area contributed by atoms with E-state index in [1.54, 1.807) is 25.3 Å². The molecule has 0 radical (unpaired) electrons. The van der Waals surface area contributed by atoms with Crippen LogP contribution in [0.15, 0.2) is 27.8 Å². The normalized spacial score (nSPS) is 27.0. The predicted molar refractivity (Wildman–Crippen MR) is 129 cm³/mol. The summed E-state index contributed by atoms with van der Waals surface area (Å²) in [4.78, 5) is 20.8. The lowest BCUT2D eigenvalue weighted by Gasteiger charge is -2.29. The number of likely N-dealkylation sites (N-methyl/N-ethyl adjacent to an activating group) is 1. The van der Waals surface area contributed by atoms with Crippen LogP contribution in [0.4, 0.5) is 0 Å². The Balaban J connectivity index is 0.00000256. The molecule has 1 amide bonds. The van der Waals surface area contributed by atoms with Crippen molar-refractivity contribution < 1.29 is 9.21 Å². The molecule has 0 spiro atoms. The Labute approximate surface area is 197 Å². The molecule has 2 heterocycles. The van der Waals surface area contributed by atoms with E-state index >= 15 is 0 Å². The quantitative estimate of drug-likeness (QED) is 0.323. The Morgan fingerprint density at radius 2 is 2.10 bits per heavy atom. The molecule has 8 heteroatoms. The van der Waals surface area contributed by atoms with Crippen LogP contribution in [0.1, 0.15) is 50.3 Å². The van der Waals surface area contributed by atoms with Crippen molar-refractivity contribution in [2.45, 2.75) is 50.6 Å². The van der Waals surface area contributed by atoms with Gasteiger partial charge in [-0.2, -0.15) is 0 Å². The highest BCUT2D eigenvalue weighted by Gasteiger charge is 2.40. The molecule has 2 aliphatic carbocycles. The van der Waals surface area contributed by atoms with Crippen LogP contribution < -0.4 is 10.6 Å². The zero-order valence-electron chi connectivity index (χ0n) is 18.2. The summed E-state index contributed by atoms with van der Waals surface area (Å²) >= 11 is 0. The molecule has 4 atom stereocenters. The van der Waals surface area contributed by atoms with Crippen LogP contribution in [0.2, 0.25) is 0 Å². The molecule has 2 bridgehead atoms. The topological polar surface area (TPSA) is 73.1 Å². The first-order valence-corrected chi connectivity index (χ1v) is 11.1. The molecule has 7 nitrogen and oxygen atoms in total. The number of hydrogen-bond acceptors (Lipinski definition) is 4. The standard InChI is InChI=1S/C22H35N5O2.HI/c1-26(2)21(28)15-24-22(25-18-13-16-7-8-17(18)12-16)23-14-19(20-6-5-11-29-20)27-9-3-4-10-27;/h5-6,11,16-19H,3-4,7-10,12-15H2,1-2H3,(H2,23,24,25);1H. The predicted octanol–water partition coefficient (Wildman–Crippen LogP) is 2.85. The minimum atomic E-state index is 0. The van der Waals surface area contributed by atoms with E-state index in [4.69, 9.17) is 4.42 Å². The van der Waals surface area contributed by atoms with Crippen molar-refractivity contribution in [1.82, 2.24) is 20.4 Å². The largest absolute Gasteiger partial charge is 0.468 e. The Hall–Kier alpha value is -1.29. The second-order valence-electron chi connectivity index (χ2n) is 9.03. The number of nitrogens with one attached hydrogen (secondary N) is 2. The first kappa shape index (κ1) is 23.4. The summed E-state index contributed by atoms with van der Waals surface area (Å²) in [6, 6.07) is 4.67. The maximum Gasteiger partial charge on any atom is 0.243 e. The fourth-order valence-electron chi connectivity index (χ4n) is 5.17. The second-order valence-corrected chi connectivity index (χ2v) is 9.03. The van der Waals surface area contributed by atoms with Crippen molar-refractivity contribution in [2.24, 2.45) is 16.8 Å². The molecular formula is C22H36IN5O2. The van der Waals surface area contributed by atoms with Crippen molar-refractivity contribution in [3.63, 3.8) is 0 Å². The molecule has 1 aromatic rings. The van der Waals surface area contributed by atoms with Crippen molar-refractivity contribution in [1.29, 1.82) is 0 Å². The second kappa shape index (κ2) is 10.8. The van der Waals surface area contributed by atoms with Gasteiger partial charge in [0.15, 0.2) is 5.96 Å². The third-order valence-electron chi connectivity index (χ3n) is 6.85. The molecule has 3 fully saturated rings. The average molecular weight is 529 g/mol. The molecule has 1 aromatic heterocycles. The van der Waals surface area contributed by atoms with Crippen LogP contribution in [-0.4, -0.2) is 68.0 Å². The van der Waals surface area contributed by atoms with Gasteiger partial charge in [-0.05, 0) is 69.2 Å². The molecule has 4 unspecified atom stereocenters. The van der Waals surface area contributed by atoms with E-state index in [2.05, 4.69) is 26.6 Å². The first-order valence-electron chi connectivity index (χ1n) is 11.1. The molecular weight excluding hydrogens is 493 g/mol. The summed E-state index contributed by atoms with van der Waals surface area (Å²) in [5, 5.41) is 7.18. The van der Waals surface area contributed by atoms with Crippen molar-refractivity contribution in [3.8, 4) is 0 Å². The van der Waals surface area contributed by atoms with E-state index in [1.165, 1.54) is 38.5 Å². The highest BCUT2D eigenvalue weighted by Crippen LogP contribution is 2.44. The molecule has 0 aromatic carbocycles. The maximum atomic E-state index is 12.1. The van der Waals surface area contributed by atoms with Crippen LogP contribution in [0.5, 0.6) is 0 Å². The molecule has 168 valence electrons. The third kappa shape index (κ3) is 5.69. The Morgan fingerprint density at radius 1 is 1.30 bits per heavy atom. The Bertz CT molecular complexity index is 702. The van der Waals surface area contributed by atoms with Crippen LogP contribution in [0.25, 0.3) is 0 Å². The molecule has 4 rings (SSSR count). The van der Waals surface area contributed by atoms with Gasteiger partial charge in [0, 0.05) is 26.7 Å². The number of amides is 1. The van der Waals surface area contributed by atoms with Crippen molar-refractivity contribution in [3.05, 3.63) is 24.2 Å². The summed E-state index contributed by atoms with van der Waals surface area (Å²) in [5.74, 6) is 3.37. The van der Waals surface area contributed by atoms with E-state index < -0.39 is 0 Å². The lowest BCUT2D eigenvalue weighted by atomic mass is 9.95. The number of fused-ring (bicyclic) bond motifs is 2. The highest BCUT2D eigenvalue weighted by molar-refractivity contribution is 14.0. The van der Waals surface area contributed by atoms with Crippen LogP contribution in [0, 0.1) is 11.8 Å². The van der Waals surface area contributed by atoms with Gasteiger partial charge in [-0.15, -0.1) is 24.0 Å². The number of carbonyl (C=O) groups is 1. The van der Waals surface area contributed by atoms with Gasteiger partial charge in [0.2, 0.25) is 5.91 Å². The summed E-state index contributed by atoms with van der Waals surface area (Å²) in [5.41, 5.74) is 0. The zero-order valence-corrected chi connectivity index (χ0v) is 20.5. The zero-order chi connectivity index (χ0) is 20.2. The van der Waals surface area contributed by atoms with Gasteiger partial charge in [-0.3, -0.25) is 9.69 Å². The number of rotatable bonds is 7. The summed E-state index contributed by atoms with van der Waals surface area (Å²) in [7, 11) is 3.54. The third-order valence-corrected chi connectivity index (χ3v) is 6.85. The molecule has 1 aliphatic heterocycles. The van der Waals surface area contributed by atoms with E-state index in [-0.39, 0.29) is 42.5 Å². The van der Waals surface area contributed by atoms with Crippen LogP contribution in [0.3, 0.4) is 0 Å². The summed E-state index contributed by atoms with van der Waals surface area (Å²) in [6.45, 7) is 3.07. The minimum Gasteiger partial charge on any atom is -0.468 e. The van der Waals surface area contributed by atoms with E-state index in [1.807, 2.05) is 6.07 Å². The number of halogens is 1. The SMILES string of the molecule is CN(C)C(=O)CN=C(NCC(c1ccco1)N1CCCC1)NC1CC2CCC1C2.I. The highest BCUT2D eigenvalue weighted by atomic mass is 127. The minimum absolute atomic E-state index is 0. The maximum absolute atomic E-state index is 12.1. The average Bonchev–Trinajstić information content (AvgIpc) is 3.51. The number of carbonyl (C=O) groups excluding carboxylic acids is 1. The molecule has 3 aliphatic rings. The lowest BCUT2D eigenvalue weighted by Crippen LogP contribution is -2.48. The van der Waals surface area contributed by atoms with Gasteiger partial charge in [0.05, 0.1) is 12.3 Å². The van der Waals surface area contributed by atoms with Crippen molar-refractivity contribution in [2.75, 3.05) is 40.3 Å². The first-order chi connectivity index (χ1) is 14.1. The van der Waals surface area contributed by atoms with Crippen molar-refractivity contribution >= 4 is 35.8 Å². The number of furan rings is 1. The number of hydrogen-bond donors (Lipinski definition) is 2. The molecule has 30 heavy (non-hydrogen) atoms. The molecule has 2 N–H and O–H groups in total. The number of likely N-dealkylation sites (tertiary alicyclic amines) is 1. The Kier molecular flexibility index (Phi) is 8.44. The lowest BCUT2D eigenvalue weighted by molar-refractivity contribution is -0.127. The van der Waals surface area contributed by atoms with Gasteiger partial charge in [0.25, 0.3) is 0 Å². The van der Waals surface area contributed by atoms with E-state index in [0.717, 1.165) is 43.2 Å². The summed E-state index contributed by atoms with van der Waals surface area (Å²) < 4.78 is 5.74. The van der Waals surface area contributed by atoms with Gasteiger partial charge < -0.3 is 20.0 Å². The van der Waals surface area contributed by atoms with Gasteiger partial charge in [0.1, 0.15) is 12.3 Å². The monoisotopic (exact) mass is 529 g/mol. The summed E-state index contributed by atoms with van der Waals surface area (Å²) in [6.07, 6.45) is 9.46. The van der Waals surface area contributed by atoms with Gasteiger partial charge >= 0.3 is 0 Å². The van der Waals surface area contributed by atoms with Crippen LogP contribution in [-0.2, 0) is 4.79 Å². The number of aliphatic imine (C=N–C) groups is 1. The smallest absolute Gasteiger partial charge is 0.243 e. The fraction of sp³-hybridized carbons (Fsp3) is 0.727. The van der Waals surface area contributed by atoms with E-state index in [9.17, 15) is 4.79 Å². The van der Waals surface area contributed by atoms with Gasteiger partial charge in [-0.25, -0.2) is 4.99 Å². The molecule has 1 saturated heterocycles. The fourth-order valence-corrected chi connectivity index (χ4v) is 5.17. The number of nitrogens with zero attached hydrogens (tertiary/aromatic N) is 3. The van der Waals surface area contributed by atoms with E-state index in [0.29, 0.717) is 6.04 Å². The Morgan fingerprint density at radius 3 is 2.70 bits per heavy atom. The van der Waals surface area contributed by atoms with Crippen LogP contribution >= 0.6 is 24.0 Å². The molecule has 2 saturated carbocycles.